The Kier molecular flexibility index (Phi) is 5.65. The lowest BCUT2D eigenvalue weighted by Crippen LogP contribution is -2.49. The van der Waals surface area contributed by atoms with E-state index in [-0.39, 0.29) is 5.54 Å². The normalized spacial score (nSPS) is 17.2. The molecule has 1 saturated carbocycles. The van der Waals surface area contributed by atoms with Crippen molar-refractivity contribution in [2.75, 3.05) is 31.1 Å². The molecule has 1 aromatic carbocycles. The summed E-state index contributed by atoms with van der Waals surface area (Å²) in [5, 5.41) is 8.20. The number of rotatable bonds is 6. The molecule has 1 aliphatic carbocycles. The largest absolute Gasteiger partial charge is 0.366 e. The van der Waals surface area contributed by atoms with Crippen LogP contribution in [0.25, 0.3) is 16.6 Å². The van der Waals surface area contributed by atoms with Gasteiger partial charge in [0, 0.05) is 61.6 Å². The summed E-state index contributed by atoms with van der Waals surface area (Å²) in [6, 6.07) is 13.6. The number of anilines is 1. The van der Waals surface area contributed by atoms with Gasteiger partial charge in [-0.2, -0.15) is 5.10 Å². The van der Waals surface area contributed by atoms with Gasteiger partial charge in [0.2, 0.25) is 5.91 Å². The molecule has 1 saturated heterocycles. The van der Waals surface area contributed by atoms with Gasteiger partial charge in [-0.05, 0) is 49.9 Å². The molecule has 2 aromatic heterocycles. The van der Waals surface area contributed by atoms with Gasteiger partial charge in [0.25, 0.3) is 0 Å². The highest BCUT2D eigenvalue weighted by Gasteiger charge is 2.34. The molecule has 0 unspecified atom stereocenters. The number of piperazine rings is 1. The maximum atomic E-state index is 12.4. The van der Waals surface area contributed by atoms with Crippen molar-refractivity contribution in [1.29, 1.82) is 0 Å². The minimum Gasteiger partial charge on any atom is -0.366 e. The number of nitrogens with zero attached hydrogens (tertiary/aromatic N) is 4. The first kappa shape index (κ1) is 22.0. The van der Waals surface area contributed by atoms with E-state index < -0.39 is 0 Å². The van der Waals surface area contributed by atoms with Crippen LogP contribution >= 0.6 is 0 Å². The fourth-order valence-corrected chi connectivity index (χ4v) is 5.07. The molecule has 33 heavy (non-hydrogen) atoms. The van der Waals surface area contributed by atoms with Crippen molar-refractivity contribution in [3.8, 4) is 11.1 Å². The van der Waals surface area contributed by atoms with E-state index in [2.05, 4.69) is 85.6 Å². The maximum absolute atomic E-state index is 12.4. The average Bonchev–Trinajstić information content (AvgIpc) is 3.56. The fourth-order valence-electron chi connectivity index (χ4n) is 5.07. The molecule has 174 valence electrons. The predicted octanol–water partition coefficient (Wildman–Crippen LogP) is 4.29. The Balaban J connectivity index is 1.35. The second-order valence-electron chi connectivity index (χ2n) is 10.4. The van der Waals surface area contributed by atoms with Gasteiger partial charge >= 0.3 is 0 Å². The molecule has 3 aromatic rings. The van der Waals surface area contributed by atoms with Crippen LogP contribution in [0.3, 0.4) is 0 Å². The van der Waals surface area contributed by atoms with Crippen molar-refractivity contribution >= 4 is 17.1 Å². The number of aromatic nitrogens is 2. The lowest BCUT2D eigenvalue weighted by Gasteiger charge is -2.36. The van der Waals surface area contributed by atoms with Crippen LogP contribution in [0, 0.1) is 5.92 Å². The molecule has 0 bridgehead atoms. The zero-order valence-electron chi connectivity index (χ0n) is 20.2. The Morgan fingerprint density at radius 1 is 1.03 bits per heavy atom. The summed E-state index contributed by atoms with van der Waals surface area (Å²) in [5.41, 5.74) is 5.86. The molecular formula is C27H35N5O. The number of carbonyl (C=O) groups excluding carboxylic acids is 1. The first-order chi connectivity index (χ1) is 15.8. The standard InChI is InChI=1S/C27H35N5O/c1-19(2)29-27(3,4)23-9-7-20(8-10-23)22-17-25-24(11-12-28-32(25)18-22)30-13-15-31(16-14-30)26(33)21-5-6-21/h7-12,17-19,21,29H,5-6,13-16H2,1-4H3. The molecule has 0 spiro atoms. The van der Waals surface area contributed by atoms with Crippen LogP contribution in [0.4, 0.5) is 5.69 Å². The van der Waals surface area contributed by atoms with Gasteiger partial charge in [0.05, 0.1) is 11.2 Å². The van der Waals surface area contributed by atoms with Crippen LogP contribution in [-0.2, 0) is 10.3 Å². The van der Waals surface area contributed by atoms with E-state index in [0.29, 0.717) is 17.9 Å². The molecule has 6 heteroatoms. The van der Waals surface area contributed by atoms with Crippen LogP contribution in [0.5, 0.6) is 0 Å². The Morgan fingerprint density at radius 2 is 1.73 bits per heavy atom. The summed E-state index contributed by atoms with van der Waals surface area (Å²) in [6.45, 7) is 12.1. The van der Waals surface area contributed by atoms with Crippen molar-refractivity contribution in [2.24, 2.45) is 5.92 Å². The van der Waals surface area contributed by atoms with Crippen LogP contribution in [0.1, 0.15) is 46.1 Å². The molecule has 2 aliphatic rings. The lowest BCUT2D eigenvalue weighted by molar-refractivity contribution is -0.132. The molecule has 0 atom stereocenters. The number of amides is 1. The van der Waals surface area contributed by atoms with E-state index in [1.54, 1.807) is 0 Å². The van der Waals surface area contributed by atoms with E-state index in [9.17, 15) is 4.79 Å². The van der Waals surface area contributed by atoms with Crippen molar-refractivity contribution in [3.05, 3.63) is 54.4 Å². The summed E-state index contributed by atoms with van der Waals surface area (Å²) >= 11 is 0. The van der Waals surface area contributed by atoms with Crippen LogP contribution < -0.4 is 10.2 Å². The quantitative estimate of drug-likeness (QED) is 0.615. The van der Waals surface area contributed by atoms with Crippen molar-refractivity contribution in [3.63, 3.8) is 0 Å². The highest BCUT2D eigenvalue weighted by atomic mass is 16.2. The van der Waals surface area contributed by atoms with Crippen molar-refractivity contribution in [2.45, 2.75) is 52.1 Å². The Labute approximate surface area is 196 Å². The number of nitrogens with one attached hydrogen (secondary N) is 1. The zero-order valence-corrected chi connectivity index (χ0v) is 20.2. The summed E-state index contributed by atoms with van der Waals surface area (Å²) in [6.07, 6.45) is 6.13. The number of hydrogen-bond acceptors (Lipinski definition) is 4. The van der Waals surface area contributed by atoms with E-state index in [4.69, 9.17) is 0 Å². The van der Waals surface area contributed by atoms with Gasteiger partial charge in [-0.25, -0.2) is 4.52 Å². The van der Waals surface area contributed by atoms with E-state index in [1.165, 1.54) is 22.4 Å². The summed E-state index contributed by atoms with van der Waals surface area (Å²) in [5.74, 6) is 0.658. The monoisotopic (exact) mass is 445 g/mol. The molecule has 2 fully saturated rings. The SMILES string of the molecule is CC(C)NC(C)(C)c1ccc(-c2cc3c(N4CCN(C(=O)C5CC5)CC4)ccnn3c2)cc1. The highest BCUT2D eigenvalue weighted by Crippen LogP contribution is 2.33. The van der Waals surface area contributed by atoms with Gasteiger partial charge in [-0.1, -0.05) is 38.1 Å². The van der Waals surface area contributed by atoms with Crippen molar-refractivity contribution < 1.29 is 4.79 Å². The van der Waals surface area contributed by atoms with Crippen LogP contribution in [-0.4, -0.2) is 52.6 Å². The third-order valence-corrected chi connectivity index (χ3v) is 6.93. The molecule has 1 amide bonds. The number of carbonyl (C=O) groups is 1. The fraction of sp³-hybridized carbons (Fsp3) is 0.481. The first-order valence-electron chi connectivity index (χ1n) is 12.2. The minimum atomic E-state index is -0.0735. The summed E-state index contributed by atoms with van der Waals surface area (Å²) < 4.78 is 1.98. The second-order valence-corrected chi connectivity index (χ2v) is 10.4. The van der Waals surface area contributed by atoms with Gasteiger partial charge in [0.15, 0.2) is 0 Å². The molecule has 0 radical (unpaired) electrons. The van der Waals surface area contributed by atoms with Crippen LogP contribution in [0.15, 0.2) is 48.8 Å². The molecule has 3 heterocycles. The predicted molar refractivity (Wildman–Crippen MR) is 133 cm³/mol. The minimum absolute atomic E-state index is 0.0735. The van der Waals surface area contributed by atoms with Gasteiger partial charge in [-0.15, -0.1) is 0 Å². The molecule has 5 rings (SSSR count). The average molecular weight is 446 g/mol. The topological polar surface area (TPSA) is 52.9 Å². The van der Waals surface area contributed by atoms with E-state index in [0.717, 1.165) is 44.5 Å². The number of benzene rings is 1. The smallest absolute Gasteiger partial charge is 0.225 e. The Morgan fingerprint density at radius 3 is 2.36 bits per heavy atom. The molecular weight excluding hydrogens is 410 g/mol. The summed E-state index contributed by atoms with van der Waals surface area (Å²) in [7, 11) is 0. The highest BCUT2D eigenvalue weighted by molar-refractivity contribution is 5.82. The number of hydrogen-bond donors (Lipinski definition) is 1. The Bertz CT molecular complexity index is 1140. The van der Waals surface area contributed by atoms with Gasteiger partial charge in [0.1, 0.15) is 0 Å². The molecule has 1 N–H and O–H groups in total. The lowest BCUT2D eigenvalue weighted by atomic mass is 9.92. The van der Waals surface area contributed by atoms with Gasteiger partial charge in [-0.3, -0.25) is 4.79 Å². The molecule has 6 nitrogen and oxygen atoms in total. The van der Waals surface area contributed by atoms with Gasteiger partial charge < -0.3 is 15.1 Å². The maximum Gasteiger partial charge on any atom is 0.225 e. The third-order valence-electron chi connectivity index (χ3n) is 6.93. The third kappa shape index (κ3) is 4.49. The summed E-state index contributed by atoms with van der Waals surface area (Å²) in [4.78, 5) is 16.8. The van der Waals surface area contributed by atoms with Crippen molar-refractivity contribution in [1.82, 2.24) is 19.8 Å². The van der Waals surface area contributed by atoms with E-state index in [1.807, 2.05) is 15.6 Å². The van der Waals surface area contributed by atoms with E-state index >= 15 is 0 Å². The van der Waals surface area contributed by atoms with Crippen LogP contribution in [0.2, 0.25) is 0 Å². The zero-order chi connectivity index (χ0) is 23.2. The second kappa shape index (κ2) is 8.49. The first-order valence-corrected chi connectivity index (χ1v) is 12.2. The Hall–Kier alpha value is -2.86. The number of fused-ring (bicyclic) bond motifs is 1. The molecule has 1 aliphatic heterocycles.